The van der Waals surface area contributed by atoms with Gasteiger partial charge in [-0.25, -0.2) is 15.0 Å². The summed E-state index contributed by atoms with van der Waals surface area (Å²) in [5.74, 6) is 1.89. The summed E-state index contributed by atoms with van der Waals surface area (Å²) in [5.41, 5.74) is 18.0. The molecule has 5 N–H and O–H groups in total. The van der Waals surface area contributed by atoms with Gasteiger partial charge in [-0.3, -0.25) is 9.80 Å². The Morgan fingerprint density at radius 3 is 1.47 bits per heavy atom. The highest BCUT2D eigenvalue weighted by Gasteiger charge is 2.44. The van der Waals surface area contributed by atoms with Crippen molar-refractivity contribution in [2.45, 2.75) is 38.5 Å². The van der Waals surface area contributed by atoms with E-state index < -0.39 is 0 Å². The summed E-state index contributed by atoms with van der Waals surface area (Å²) in [6.07, 6.45) is 10.4. The molecule has 2 unspecified atom stereocenters. The highest BCUT2D eigenvalue weighted by molar-refractivity contribution is 6.25. The first-order chi connectivity index (χ1) is 37.5. The maximum absolute atomic E-state index is 12.2. The summed E-state index contributed by atoms with van der Waals surface area (Å²) in [6.45, 7) is 9.14. The molecule has 0 bridgehead atoms. The zero-order valence-electron chi connectivity index (χ0n) is 42.7. The highest BCUT2D eigenvalue weighted by atomic mass is 16.3. The van der Waals surface area contributed by atoms with Crippen LogP contribution >= 0.6 is 0 Å². The Kier molecular flexibility index (Phi) is 8.77. The summed E-state index contributed by atoms with van der Waals surface area (Å²) in [4.78, 5) is 20.4. The van der Waals surface area contributed by atoms with Gasteiger partial charge < -0.3 is 26.2 Å². The Hall–Kier alpha value is -9.67. The Morgan fingerprint density at radius 1 is 0.468 bits per heavy atom. The number of nitrogens with one attached hydrogen (secondary N) is 3. The van der Waals surface area contributed by atoms with Crippen LogP contribution in [0.1, 0.15) is 61.1 Å². The van der Waals surface area contributed by atoms with E-state index in [0.717, 1.165) is 107 Å². The van der Waals surface area contributed by atoms with E-state index in [1.54, 1.807) is 0 Å². The van der Waals surface area contributed by atoms with Gasteiger partial charge in [0.05, 0.1) is 56.8 Å². The summed E-state index contributed by atoms with van der Waals surface area (Å²) >= 11 is 0. The largest absolute Gasteiger partial charge is 0.507 e. The molecule has 3 aliphatic carbocycles. The molecule has 10 heteroatoms. The van der Waals surface area contributed by atoms with E-state index in [1.165, 1.54) is 22.3 Å². The van der Waals surface area contributed by atoms with Gasteiger partial charge in [-0.05, 0) is 105 Å². The van der Waals surface area contributed by atoms with Crippen molar-refractivity contribution < 1.29 is 10.2 Å². The first kappa shape index (κ1) is 43.7. The fraction of sp³-hybridized carbons (Fsp3) is 0.119. The number of amidine groups is 1. The maximum atomic E-state index is 12.2. The molecule has 8 aromatic carbocycles. The molecule has 0 saturated heterocycles. The Labute approximate surface area is 445 Å². The van der Waals surface area contributed by atoms with Crippen LogP contribution in [0.4, 0.5) is 45.5 Å². The van der Waals surface area contributed by atoms with E-state index >= 15 is 0 Å². The fourth-order valence-electron chi connectivity index (χ4n) is 13.7. The first-order valence-electron chi connectivity index (χ1n) is 26.4. The van der Waals surface area contributed by atoms with Gasteiger partial charge in [0.2, 0.25) is 11.9 Å². The van der Waals surface area contributed by atoms with Crippen molar-refractivity contribution in [3.63, 3.8) is 0 Å². The van der Waals surface area contributed by atoms with Crippen molar-refractivity contribution in [1.82, 2.24) is 5.32 Å². The molecule has 77 heavy (non-hydrogen) atoms. The van der Waals surface area contributed by atoms with E-state index in [9.17, 15) is 10.2 Å². The standard InChI is InChI=1S/C67H50N8O2/c1-66(2)42-19-5-9-26-52(42)74(53-27-10-6-20-43(53)66)64-70-47-24-14-17-37-40(31-34-50(72-64)57(37)47)60-61(76)59(62(60)77)39-30-33-49-56-36(39)16-13-23-46(56)68-63(69-49)41-32-35-51-58-38(41)18-15-25-48(58)71-65(73-51)75-54-28-11-7-21-44(54)67(3,4)45-22-8-12-29-55(45)75/h5-36,39,76-77H,1-4H3,(H,68,69)(H,70,72)(H,71,73). The second-order valence-corrected chi connectivity index (χ2v) is 22.1. The smallest absolute Gasteiger partial charge is 0.213 e. The number of para-hydroxylation sites is 4. The molecular formula is C67H50N8O2. The van der Waals surface area contributed by atoms with Crippen LogP contribution in [-0.4, -0.2) is 28.0 Å². The molecule has 2 atom stereocenters. The van der Waals surface area contributed by atoms with Crippen LogP contribution in [-0.2, 0) is 10.8 Å². The number of aliphatic imine (C=N–C) groups is 3. The summed E-state index contributed by atoms with van der Waals surface area (Å²) in [6, 6.07) is 55.1. The van der Waals surface area contributed by atoms with Crippen LogP contribution in [0.2, 0.25) is 0 Å². The van der Waals surface area contributed by atoms with Gasteiger partial charge in [0.25, 0.3) is 0 Å². The van der Waals surface area contributed by atoms with Gasteiger partial charge in [-0.2, -0.15) is 0 Å². The molecule has 8 aliphatic rings. The lowest BCUT2D eigenvalue weighted by atomic mass is 9.69. The minimum atomic E-state index is -0.325. The lowest BCUT2D eigenvalue weighted by Crippen LogP contribution is -2.40. The average Bonchev–Trinajstić information content (AvgIpc) is 3.58. The molecule has 370 valence electrons. The minimum Gasteiger partial charge on any atom is -0.507 e. The number of anilines is 6. The third-order valence-corrected chi connectivity index (χ3v) is 17.3. The van der Waals surface area contributed by atoms with Crippen molar-refractivity contribution in [2.24, 2.45) is 26.8 Å². The number of guanidine groups is 2. The Bertz CT molecular complexity index is 4270. The average molecular weight is 999 g/mol. The number of aliphatic hydroxyl groups is 2. The van der Waals surface area contributed by atoms with Crippen LogP contribution in [0, 0.1) is 11.8 Å². The molecular weight excluding hydrogens is 949 g/mol. The molecule has 0 saturated carbocycles. The van der Waals surface area contributed by atoms with Crippen LogP contribution in [0.3, 0.4) is 0 Å². The summed E-state index contributed by atoms with van der Waals surface area (Å²) in [7, 11) is 0. The topological polar surface area (TPSA) is 120 Å². The number of rotatable bonds is 3. The number of benzene rings is 8. The zero-order valence-corrected chi connectivity index (χ0v) is 42.7. The number of allylic oxidation sites excluding steroid dienone is 8. The van der Waals surface area contributed by atoms with Gasteiger partial charge >= 0.3 is 0 Å². The number of fused-ring (bicyclic) bond motifs is 4. The van der Waals surface area contributed by atoms with Crippen molar-refractivity contribution >= 4 is 90.4 Å². The second kappa shape index (κ2) is 15.5. The number of nitrogens with zero attached hydrogens (tertiary/aromatic N) is 5. The van der Waals surface area contributed by atoms with E-state index in [4.69, 9.17) is 15.0 Å². The van der Waals surface area contributed by atoms with Crippen LogP contribution < -0.4 is 25.8 Å². The van der Waals surface area contributed by atoms with Crippen molar-refractivity contribution in [3.8, 4) is 0 Å². The molecule has 5 heterocycles. The first-order valence-corrected chi connectivity index (χ1v) is 26.4. The normalized spacial score (nSPS) is 20.3. The Morgan fingerprint density at radius 2 is 0.948 bits per heavy atom. The molecule has 0 radical (unpaired) electrons. The fourth-order valence-corrected chi connectivity index (χ4v) is 13.7. The van der Waals surface area contributed by atoms with Crippen LogP contribution in [0.5, 0.6) is 0 Å². The van der Waals surface area contributed by atoms with E-state index in [0.29, 0.717) is 17.1 Å². The van der Waals surface area contributed by atoms with Gasteiger partial charge in [0, 0.05) is 55.8 Å². The van der Waals surface area contributed by atoms with Crippen molar-refractivity contribution in [3.05, 3.63) is 256 Å². The Balaban J connectivity index is 0.713. The third-order valence-electron chi connectivity index (χ3n) is 17.3. The lowest BCUT2D eigenvalue weighted by molar-refractivity contribution is 0.346. The predicted octanol–water partition coefficient (Wildman–Crippen LogP) is 15.4. The van der Waals surface area contributed by atoms with Gasteiger partial charge in [0.15, 0.2) is 0 Å². The monoisotopic (exact) mass is 998 g/mol. The summed E-state index contributed by atoms with van der Waals surface area (Å²) < 4.78 is 0. The predicted molar refractivity (Wildman–Crippen MR) is 313 cm³/mol. The van der Waals surface area contributed by atoms with Gasteiger partial charge in [-0.1, -0.05) is 149 Å². The van der Waals surface area contributed by atoms with Gasteiger partial charge in [-0.15, -0.1) is 0 Å². The highest BCUT2D eigenvalue weighted by Crippen LogP contribution is 2.55. The van der Waals surface area contributed by atoms with E-state index in [-0.39, 0.29) is 34.2 Å². The number of hydrogen-bond acceptors (Lipinski definition) is 10. The van der Waals surface area contributed by atoms with Crippen molar-refractivity contribution in [2.75, 3.05) is 20.4 Å². The second-order valence-electron chi connectivity index (χ2n) is 22.1. The maximum Gasteiger partial charge on any atom is 0.213 e. The molecule has 5 aliphatic heterocycles. The van der Waals surface area contributed by atoms with Gasteiger partial charge in [0.1, 0.15) is 17.4 Å². The van der Waals surface area contributed by atoms with Crippen molar-refractivity contribution in [1.29, 1.82) is 0 Å². The van der Waals surface area contributed by atoms with E-state index in [1.807, 2.05) is 36.4 Å². The third kappa shape index (κ3) is 5.92. The quantitative estimate of drug-likeness (QED) is 0.120. The number of aliphatic hydroxyl groups excluding tert-OH is 2. The molecule has 16 rings (SSSR count). The molecule has 0 fully saturated rings. The lowest BCUT2D eigenvalue weighted by Gasteiger charge is -2.42. The van der Waals surface area contributed by atoms with E-state index in [2.05, 4.69) is 205 Å². The molecule has 10 nitrogen and oxygen atoms in total. The number of hydrogen-bond donors (Lipinski definition) is 5. The zero-order chi connectivity index (χ0) is 51.6. The molecule has 0 amide bonds. The molecule has 8 aromatic rings. The summed E-state index contributed by atoms with van der Waals surface area (Å²) in [5, 5.41) is 39.4. The SMILES string of the molecule is CC1(C)c2ccccc2N(C2=Nc3cccc4c(C5=NC6=C7C(=CC=CC7C(C7=C(O)C(c8ccc9c%10c(cccc8%10)N=C(N8c%10ccccc%10C(C)(C)c%10ccccc%108)N9)=C7O)C=C6)N5)ccc(c34)N2)c2ccccc21. The molecule has 0 spiro atoms. The van der Waals surface area contributed by atoms with Crippen LogP contribution in [0.25, 0.3) is 27.1 Å². The van der Waals surface area contributed by atoms with Crippen LogP contribution in [0.15, 0.2) is 237 Å². The molecule has 0 aromatic heterocycles. The minimum absolute atomic E-state index is 0.0947.